The van der Waals surface area contributed by atoms with E-state index in [9.17, 15) is 13.2 Å². The van der Waals surface area contributed by atoms with Gasteiger partial charge in [0.15, 0.2) is 0 Å². The summed E-state index contributed by atoms with van der Waals surface area (Å²) in [6.07, 6.45) is -4.30. The fourth-order valence-corrected chi connectivity index (χ4v) is 1.61. The first-order valence-electron chi connectivity index (χ1n) is 3.83. The monoisotopic (exact) mass is 191 g/mol. The number of alkyl halides is 3. The molecule has 72 valence electrons. The van der Waals surface area contributed by atoms with E-state index in [1.807, 2.05) is 0 Å². The molecule has 0 atom stereocenters. The van der Waals surface area contributed by atoms with Crippen LogP contribution in [0.3, 0.4) is 0 Å². The summed E-state index contributed by atoms with van der Waals surface area (Å²) >= 11 is 0. The van der Waals surface area contributed by atoms with Crippen LogP contribution in [0.15, 0.2) is 0 Å². The molecule has 0 radical (unpaired) electrons. The molecule has 0 aromatic carbocycles. The molecule has 0 amide bonds. The van der Waals surface area contributed by atoms with Crippen LogP contribution in [0.1, 0.15) is 17.0 Å². The van der Waals surface area contributed by atoms with Crippen molar-refractivity contribution >= 4 is 0 Å². The lowest BCUT2D eigenvalue weighted by Gasteiger charge is -2.08. The van der Waals surface area contributed by atoms with Crippen LogP contribution < -0.4 is 5.32 Å². The van der Waals surface area contributed by atoms with E-state index in [4.69, 9.17) is 0 Å². The minimum absolute atomic E-state index is 0.262. The third kappa shape index (κ3) is 1.21. The summed E-state index contributed by atoms with van der Waals surface area (Å²) in [5, 5.41) is 6.62. The highest BCUT2D eigenvalue weighted by Gasteiger charge is 2.39. The largest absolute Gasteiger partial charge is 0.433 e. The number of hydrogen-bond donors (Lipinski definition) is 1. The summed E-state index contributed by atoms with van der Waals surface area (Å²) in [7, 11) is 1.32. The van der Waals surface area contributed by atoms with Gasteiger partial charge >= 0.3 is 6.18 Å². The number of nitrogens with zero attached hydrogens (tertiary/aromatic N) is 2. The molecule has 2 heterocycles. The second-order valence-electron chi connectivity index (χ2n) is 3.00. The maximum Gasteiger partial charge on any atom is 0.433 e. The number of fused-ring (bicyclic) bond motifs is 1. The van der Waals surface area contributed by atoms with E-state index in [0.717, 1.165) is 4.68 Å². The van der Waals surface area contributed by atoms with Gasteiger partial charge < -0.3 is 5.32 Å². The van der Waals surface area contributed by atoms with E-state index in [1.165, 1.54) is 7.05 Å². The van der Waals surface area contributed by atoms with Crippen LogP contribution in [0.4, 0.5) is 13.2 Å². The van der Waals surface area contributed by atoms with E-state index in [2.05, 4.69) is 10.4 Å². The molecule has 0 spiro atoms. The standard InChI is InChI=1S/C7H8F3N3/c1-13-6(7(8,9)10)4-2-11-3-5(4)12-13/h11H,2-3H2,1H3. The molecule has 1 aromatic rings. The minimum Gasteiger partial charge on any atom is -0.307 e. The smallest absolute Gasteiger partial charge is 0.307 e. The fourth-order valence-electron chi connectivity index (χ4n) is 1.61. The van der Waals surface area contributed by atoms with Gasteiger partial charge in [-0.15, -0.1) is 0 Å². The summed E-state index contributed by atoms with van der Waals surface area (Å²) in [6, 6.07) is 0. The van der Waals surface area contributed by atoms with Crippen molar-refractivity contribution in [3.8, 4) is 0 Å². The van der Waals surface area contributed by atoms with Crippen molar-refractivity contribution < 1.29 is 13.2 Å². The van der Waals surface area contributed by atoms with Gasteiger partial charge in [-0.1, -0.05) is 0 Å². The maximum atomic E-state index is 12.4. The Morgan fingerprint density at radius 2 is 2.08 bits per heavy atom. The Bertz CT molecular complexity index is 339. The van der Waals surface area contributed by atoms with Crippen molar-refractivity contribution in [3.63, 3.8) is 0 Å². The second kappa shape index (κ2) is 2.47. The summed E-state index contributed by atoms with van der Waals surface area (Å²) in [6.45, 7) is 0.692. The van der Waals surface area contributed by atoms with Gasteiger partial charge in [0, 0.05) is 25.7 Å². The Morgan fingerprint density at radius 3 is 2.69 bits per heavy atom. The molecule has 1 aliphatic heterocycles. The molecular weight excluding hydrogens is 183 g/mol. The Kier molecular flexibility index (Phi) is 1.63. The Balaban J connectivity index is 2.56. The molecule has 0 fully saturated rings. The van der Waals surface area contributed by atoms with Gasteiger partial charge in [-0.25, -0.2) is 0 Å². The molecule has 0 unspecified atom stereocenters. The molecule has 13 heavy (non-hydrogen) atoms. The molecule has 0 saturated heterocycles. The number of hydrogen-bond acceptors (Lipinski definition) is 2. The summed E-state index contributed by atoms with van der Waals surface area (Å²) in [4.78, 5) is 0. The van der Waals surface area contributed by atoms with Gasteiger partial charge in [0.25, 0.3) is 0 Å². The number of aryl methyl sites for hydroxylation is 1. The molecule has 6 heteroatoms. The summed E-state index contributed by atoms with van der Waals surface area (Å²) < 4.78 is 38.3. The average Bonchev–Trinajstić information content (AvgIpc) is 2.41. The topological polar surface area (TPSA) is 29.9 Å². The Morgan fingerprint density at radius 1 is 1.38 bits per heavy atom. The first-order valence-corrected chi connectivity index (χ1v) is 3.83. The van der Waals surface area contributed by atoms with Crippen molar-refractivity contribution in [3.05, 3.63) is 17.0 Å². The lowest BCUT2D eigenvalue weighted by Crippen LogP contribution is -2.16. The van der Waals surface area contributed by atoms with Gasteiger partial charge in [0.1, 0.15) is 5.69 Å². The molecular formula is C7H8F3N3. The highest BCUT2D eigenvalue weighted by atomic mass is 19.4. The Labute approximate surface area is 72.5 Å². The predicted octanol–water partition coefficient (Wildman–Crippen LogP) is 1.04. The van der Waals surface area contributed by atoms with Gasteiger partial charge in [0.2, 0.25) is 0 Å². The van der Waals surface area contributed by atoms with E-state index in [-0.39, 0.29) is 12.1 Å². The molecule has 3 nitrogen and oxygen atoms in total. The number of aromatic nitrogens is 2. The second-order valence-corrected chi connectivity index (χ2v) is 3.00. The summed E-state index contributed by atoms with van der Waals surface area (Å²) in [5.41, 5.74) is 0.164. The fraction of sp³-hybridized carbons (Fsp3) is 0.571. The van der Waals surface area contributed by atoms with Gasteiger partial charge in [0.05, 0.1) is 5.69 Å². The van der Waals surface area contributed by atoms with Crippen molar-refractivity contribution in [2.75, 3.05) is 0 Å². The minimum atomic E-state index is -4.30. The lowest BCUT2D eigenvalue weighted by molar-refractivity contribution is -0.144. The van der Waals surface area contributed by atoms with Crippen LogP contribution >= 0.6 is 0 Å². The lowest BCUT2D eigenvalue weighted by atomic mass is 10.2. The van der Waals surface area contributed by atoms with Crippen LogP contribution in [0.25, 0.3) is 0 Å². The van der Waals surface area contributed by atoms with E-state index in [0.29, 0.717) is 12.2 Å². The molecule has 1 aromatic heterocycles. The average molecular weight is 191 g/mol. The summed E-state index contributed by atoms with van der Waals surface area (Å²) in [5.74, 6) is 0. The third-order valence-corrected chi connectivity index (χ3v) is 2.09. The van der Waals surface area contributed by atoms with Crippen molar-refractivity contribution in [1.29, 1.82) is 0 Å². The number of nitrogens with one attached hydrogen (secondary N) is 1. The van der Waals surface area contributed by atoms with E-state index in [1.54, 1.807) is 0 Å². The van der Waals surface area contributed by atoms with Gasteiger partial charge in [-0.3, -0.25) is 4.68 Å². The molecule has 2 rings (SSSR count). The highest BCUT2D eigenvalue weighted by Crippen LogP contribution is 2.34. The quantitative estimate of drug-likeness (QED) is 0.664. The zero-order valence-electron chi connectivity index (χ0n) is 6.94. The van der Waals surface area contributed by atoms with E-state index >= 15 is 0 Å². The predicted molar refractivity (Wildman–Crippen MR) is 38.8 cm³/mol. The molecule has 0 aliphatic carbocycles. The normalized spacial score (nSPS) is 16.3. The van der Waals surface area contributed by atoms with Crippen molar-refractivity contribution in [1.82, 2.24) is 15.1 Å². The molecule has 1 aliphatic rings. The zero-order valence-corrected chi connectivity index (χ0v) is 6.94. The van der Waals surface area contributed by atoms with Crippen molar-refractivity contribution in [2.24, 2.45) is 7.05 Å². The number of rotatable bonds is 0. The van der Waals surface area contributed by atoms with E-state index < -0.39 is 11.9 Å². The Hall–Kier alpha value is -1.04. The SMILES string of the molecule is Cn1nc2c(c1C(F)(F)F)CNC2. The van der Waals surface area contributed by atoms with Crippen molar-refractivity contribution in [2.45, 2.75) is 19.3 Å². The molecule has 1 N–H and O–H groups in total. The van der Waals surface area contributed by atoms with Gasteiger partial charge in [-0.2, -0.15) is 18.3 Å². The van der Waals surface area contributed by atoms with Crippen LogP contribution in [-0.2, 0) is 26.3 Å². The highest BCUT2D eigenvalue weighted by molar-refractivity contribution is 5.31. The molecule has 0 bridgehead atoms. The van der Waals surface area contributed by atoms with Crippen LogP contribution in [0.5, 0.6) is 0 Å². The van der Waals surface area contributed by atoms with Crippen LogP contribution in [0.2, 0.25) is 0 Å². The zero-order chi connectivity index (χ0) is 9.64. The maximum absolute atomic E-state index is 12.4. The first-order chi connectivity index (χ1) is 6.00. The number of halogens is 3. The van der Waals surface area contributed by atoms with Crippen LogP contribution in [-0.4, -0.2) is 9.78 Å². The van der Waals surface area contributed by atoms with Crippen LogP contribution in [0, 0.1) is 0 Å². The molecule has 0 saturated carbocycles. The first kappa shape index (κ1) is 8.55. The third-order valence-electron chi connectivity index (χ3n) is 2.09. The van der Waals surface area contributed by atoms with Gasteiger partial charge in [-0.05, 0) is 0 Å².